The van der Waals surface area contributed by atoms with Gasteiger partial charge in [-0.15, -0.1) is 0 Å². The summed E-state index contributed by atoms with van der Waals surface area (Å²) in [4.78, 5) is 37.1. The van der Waals surface area contributed by atoms with Crippen molar-refractivity contribution >= 4 is 23.8 Å². The Balaban J connectivity index is 2.39. The maximum absolute atomic E-state index is 12.7. The second-order valence-corrected chi connectivity index (χ2v) is 6.90. The highest BCUT2D eigenvalue weighted by atomic mass is 16.6. The largest absolute Gasteiger partial charge is 0.497 e. The maximum Gasteiger partial charge on any atom is 0.343 e. The molecule has 1 fully saturated rings. The van der Waals surface area contributed by atoms with Crippen molar-refractivity contribution in [1.29, 1.82) is 0 Å². The molecule has 7 heteroatoms. The van der Waals surface area contributed by atoms with E-state index in [0.717, 1.165) is 0 Å². The average molecular weight is 390 g/mol. The molecule has 0 aromatic heterocycles. The number of esters is 2. The van der Waals surface area contributed by atoms with E-state index in [1.807, 2.05) is 0 Å². The number of methoxy groups -OCH3 is 1. The van der Waals surface area contributed by atoms with Gasteiger partial charge < -0.3 is 19.3 Å². The zero-order chi connectivity index (χ0) is 20.9. The summed E-state index contributed by atoms with van der Waals surface area (Å²) in [5.74, 6) is -3.53. The summed E-state index contributed by atoms with van der Waals surface area (Å²) in [6.45, 7) is 5.06. The van der Waals surface area contributed by atoms with E-state index < -0.39 is 41.3 Å². The number of aliphatic hydroxyl groups is 1. The maximum atomic E-state index is 12.7. The Morgan fingerprint density at radius 3 is 2.64 bits per heavy atom. The van der Waals surface area contributed by atoms with Gasteiger partial charge in [-0.1, -0.05) is 18.2 Å². The molecule has 152 valence electrons. The highest BCUT2D eigenvalue weighted by molar-refractivity contribution is 6.02. The second kappa shape index (κ2) is 9.01. The number of carbonyl (C=O) groups is 3. The van der Waals surface area contributed by atoms with E-state index in [1.165, 1.54) is 19.3 Å². The number of ketones is 1. The Morgan fingerprint density at radius 1 is 1.36 bits per heavy atom. The van der Waals surface area contributed by atoms with Gasteiger partial charge in [0, 0.05) is 6.42 Å². The molecule has 0 heterocycles. The van der Waals surface area contributed by atoms with E-state index in [-0.39, 0.29) is 13.0 Å². The van der Waals surface area contributed by atoms with E-state index in [0.29, 0.717) is 11.3 Å². The van der Waals surface area contributed by atoms with Crippen molar-refractivity contribution < 1.29 is 33.7 Å². The monoisotopic (exact) mass is 390 g/mol. The molecule has 1 saturated carbocycles. The number of rotatable bonds is 8. The molecule has 28 heavy (non-hydrogen) atoms. The third kappa shape index (κ3) is 4.59. The molecule has 0 unspecified atom stereocenters. The first-order valence-electron chi connectivity index (χ1n) is 9.19. The van der Waals surface area contributed by atoms with Gasteiger partial charge in [0.15, 0.2) is 5.60 Å². The average Bonchev–Trinajstić information content (AvgIpc) is 2.64. The van der Waals surface area contributed by atoms with Crippen molar-refractivity contribution in [3.63, 3.8) is 0 Å². The van der Waals surface area contributed by atoms with Crippen molar-refractivity contribution in [3.05, 3.63) is 35.9 Å². The topological polar surface area (TPSA) is 99.1 Å². The van der Waals surface area contributed by atoms with Crippen LogP contribution in [0, 0.1) is 11.8 Å². The van der Waals surface area contributed by atoms with Gasteiger partial charge in [0.2, 0.25) is 0 Å². The summed E-state index contributed by atoms with van der Waals surface area (Å²) >= 11 is 0. The molecular formula is C21H26O7. The Labute approximate surface area is 164 Å². The molecular weight excluding hydrogens is 364 g/mol. The van der Waals surface area contributed by atoms with Gasteiger partial charge in [-0.3, -0.25) is 9.59 Å². The van der Waals surface area contributed by atoms with Crippen LogP contribution in [0.4, 0.5) is 0 Å². The van der Waals surface area contributed by atoms with Gasteiger partial charge in [-0.2, -0.15) is 0 Å². The second-order valence-electron chi connectivity index (χ2n) is 6.90. The van der Waals surface area contributed by atoms with Gasteiger partial charge in [0.05, 0.1) is 31.7 Å². The first kappa shape index (κ1) is 21.6. The fourth-order valence-electron chi connectivity index (χ4n) is 3.12. The van der Waals surface area contributed by atoms with Gasteiger partial charge in [0.25, 0.3) is 0 Å². The smallest absolute Gasteiger partial charge is 0.343 e. The summed E-state index contributed by atoms with van der Waals surface area (Å²) in [7, 11) is 1.52. The Kier molecular flexibility index (Phi) is 6.96. The molecule has 0 aliphatic heterocycles. The first-order valence-corrected chi connectivity index (χ1v) is 9.19. The van der Waals surface area contributed by atoms with Crippen LogP contribution in [0.25, 0.3) is 6.08 Å². The Morgan fingerprint density at radius 2 is 2.07 bits per heavy atom. The minimum absolute atomic E-state index is 0.0756. The summed E-state index contributed by atoms with van der Waals surface area (Å²) in [6, 6.07) is 6.96. The lowest BCUT2D eigenvalue weighted by Crippen LogP contribution is -2.59. The van der Waals surface area contributed by atoms with E-state index in [1.54, 1.807) is 45.0 Å². The van der Waals surface area contributed by atoms with Crippen LogP contribution in [-0.2, 0) is 23.9 Å². The summed E-state index contributed by atoms with van der Waals surface area (Å²) in [5, 5.41) is 11.2. The van der Waals surface area contributed by atoms with Crippen molar-refractivity contribution in [1.82, 2.24) is 0 Å². The SMILES string of the molecule is CCOC(=O)[C@H]1CC(=O)[C@@H]1[C@](O)(/C=C/c1cccc(OC)c1)C(=O)OC(C)C. The predicted octanol–water partition coefficient (Wildman–Crippen LogP) is 2.16. The highest BCUT2D eigenvalue weighted by Crippen LogP contribution is 2.41. The number of carbonyl (C=O) groups excluding carboxylic acids is 3. The number of hydrogen-bond donors (Lipinski definition) is 1. The van der Waals surface area contributed by atoms with E-state index in [9.17, 15) is 19.5 Å². The van der Waals surface area contributed by atoms with Crippen LogP contribution in [0.15, 0.2) is 30.3 Å². The first-order chi connectivity index (χ1) is 13.2. The van der Waals surface area contributed by atoms with Crippen molar-refractivity contribution in [2.75, 3.05) is 13.7 Å². The third-order valence-electron chi connectivity index (χ3n) is 4.53. The van der Waals surface area contributed by atoms with Crippen LogP contribution in [-0.4, -0.2) is 48.3 Å². The van der Waals surface area contributed by atoms with Gasteiger partial charge in [-0.25, -0.2) is 4.79 Å². The molecule has 7 nitrogen and oxygen atoms in total. The van der Waals surface area contributed by atoms with Gasteiger partial charge in [-0.05, 0) is 44.5 Å². The summed E-state index contributed by atoms with van der Waals surface area (Å²) in [6.07, 6.45) is 2.13. The minimum atomic E-state index is -2.28. The molecule has 3 atom stereocenters. The lowest BCUT2D eigenvalue weighted by atomic mass is 9.63. The van der Waals surface area contributed by atoms with Crippen LogP contribution >= 0.6 is 0 Å². The van der Waals surface area contributed by atoms with Gasteiger partial charge in [0.1, 0.15) is 11.5 Å². The van der Waals surface area contributed by atoms with Crippen LogP contribution in [0.2, 0.25) is 0 Å². The van der Waals surface area contributed by atoms with Gasteiger partial charge >= 0.3 is 11.9 Å². The standard InChI is InChI=1S/C21H26O7/c1-5-27-19(23)16-12-17(22)18(16)21(25,20(24)28-13(2)3)10-9-14-7-6-8-15(11-14)26-4/h6-11,13,16,18,25H,5,12H2,1-4H3/b10-9+/t16-,18+,21+/m0/s1. The molecule has 2 rings (SSSR count). The zero-order valence-corrected chi connectivity index (χ0v) is 16.5. The molecule has 1 aromatic rings. The molecule has 1 aliphatic rings. The minimum Gasteiger partial charge on any atom is -0.497 e. The third-order valence-corrected chi connectivity index (χ3v) is 4.53. The fraction of sp³-hybridized carbons (Fsp3) is 0.476. The van der Waals surface area contributed by atoms with E-state index in [2.05, 4.69) is 0 Å². The van der Waals surface area contributed by atoms with E-state index >= 15 is 0 Å². The number of Topliss-reactive ketones (excluding diaryl/α,β-unsaturated/α-hetero) is 1. The number of hydrogen-bond acceptors (Lipinski definition) is 7. The quantitative estimate of drug-likeness (QED) is 0.679. The molecule has 1 N–H and O–H groups in total. The molecule has 1 aliphatic carbocycles. The Hall–Kier alpha value is -2.67. The number of benzene rings is 1. The molecule has 1 aromatic carbocycles. The molecule has 0 saturated heterocycles. The van der Waals surface area contributed by atoms with Crippen LogP contribution in [0.5, 0.6) is 5.75 Å². The summed E-state index contributed by atoms with van der Waals surface area (Å²) < 4.78 is 15.3. The predicted molar refractivity (Wildman–Crippen MR) is 101 cm³/mol. The summed E-state index contributed by atoms with van der Waals surface area (Å²) in [5.41, 5.74) is -1.63. The normalized spacial score (nSPS) is 21.1. The lowest BCUT2D eigenvalue weighted by molar-refractivity contribution is -0.185. The van der Waals surface area contributed by atoms with E-state index in [4.69, 9.17) is 14.2 Å². The molecule has 0 amide bonds. The lowest BCUT2D eigenvalue weighted by Gasteiger charge is -2.41. The van der Waals surface area contributed by atoms with Crippen LogP contribution in [0.1, 0.15) is 32.8 Å². The van der Waals surface area contributed by atoms with Crippen molar-refractivity contribution in [3.8, 4) is 5.75 Å². The highest BCUT2D eigenvalue weighted by Gasteiger charge is 2.59. The zero-order valence-electron chi connectivity index (χ0n) is 16.5. The molecule has 0 bridgehead atoms. The van der Waals surface area contributed by atoms with Crippen molar-refractivity contribution in [2.45, 2.75) is 38.9 Å². The van der Waals surface area contributed by atoms with Crippen LogP contribution < -0.4 is 4.74 Å². The fourth-order valence-corrected chi connectivity index (χ4v) is 3.12. The Bertz CT molecular complexity index is 768. The number of ether oxygens (including phenoxy) is 3. The molecule has 0 spiro atoms. The molecule has 0 radical (unpaired) electrons. The van der Waals surface area contributed by atoms with Crippen molar-refractivity contribution in [2.24, 2.45) is 11.8 Å². The van der Waals surface area contributed by atoms with Crippen LogP contribution in [0.3, 0.4) is 0 Å².